The molecule has 0 atom stereocenters. The number of rotatable bonds is 4. The molecule has 1 nitrogen and oxygen atoms in total. The zero-order valence-electron chi connectivity index (χ0n) is 13.4. The molecular formula is C19H24ClN. The van der Waals surface area contributed by atoms with Crippen LogP contribution in [-0.2, 0) is 18.5 Å². The number of halogens is 1. The molecule has 0 heterocycles. The number of hydrogen-bond donors (Lipinski definition) is 0. The van der Waals surface area contributed by atoms with Gasteiger partial charge in [0.15, 0.2) is 0 Å². The molecule has 0 aliphatic rings. The Balaban J connectivity index is 2.00. The second kappa shape index (κ2) is 6.64. The van der Waals surface area contributed by atoms with E-state index in [9.17, 15) is 0 Å². The lowest BCUT2D eigenvalue weighted by atomic mass is 9.87. The van der Waals surface area contributed by atoms with Crippen molar-refractivity contribution in [1.82, 2.24) is 4.90 Å². The molecule has 2 aromatic rings. The lowest BCUT2D eigenvalue weighted by Crippen LogP contribution is -2.18. The largest absolute Gasteiger partial charge is 0.298 e. The van der Waals surface area contributed by atoms with Gasteiger partial charge < -0.3 is 0 Å². The van der Waals surface area contributed by atoms with Gasteiger partial charge in [-0.15, -0.1) is 0 Å². The van der Waals surface area contributed by atoms with Gasteiger partial charge in [-0.05, 0) is 35.2 Å². The van der Waals surface area contributed by atoms with Gasteiger partial charge in [0.2, 0.25) is 0 Å². The fourth-order valence-electron chi connectivity index (χ4n) is 2.40. The van der Waals surface area contributed by atoms with Gasteiger partial charge in [0.05, 0.1) is 0 Å². The summed E-state index contributed by atoms with van der Waals surface area (Å²) in [5.41, 5.74) is 4.09. The first-order valence-electron chi connectivity index (χ1n) is 7.37. The summed E-state index contributed by atoms with van der Waals surface area (Å²) in [7, 11) is 2.13. The molecule has 0 saturated heterocycles. The van der Waals surface area contributed by atoms with E-state index < -0.39 is 0 Å². The van der Waals surface area contributed by atoms with Crippen molar-refractivity contribution in [2.75, 3.05) is 7.05 Å². The molecule has 112 valence electrons. The predicted molar refractivity (Wildman–Crippen MR) is 91.8 cm³/mol. The zero-order chi connectivity index (χ0) is 15.5. The number of hydrogen-bond acceptors (Lipinski definition) is 1. The van der Waals surface area contributed by atoms with Gasteiger partial charge in [-0.25, -0.2) is 0 Å². The molecule has 0 N–H and O–H groups in total. The molecular weight excluding hydrogens is 278 g/mol. The normalized spacial score (nSPS) is 11.9. The molecule has 0 saturated carbocycles. The third-order valence-electron chi connectivity index (χ3n) is 3.67. The average molecular weight is 302 g/mol. The van der Waals surface area contributed by atoms with Crippen molar-refractivity contribution in [2.45, 2.75) is 39.3 Å². The quantitative estimate of drug-likeness (QED) is 0.743. The minimum Gasteiger partial charge on any atom is -0.298 e. The van der Waals surface area contributed by atoms with Crippen LogP contribution in [0.25, 0.3) is 0 Å². The van der Waals surface area contributed by atoms with Crippen LogP contribution < -0.4 is 0 Å². The molecule has 2 rings (SSSR count). The second-order valence-corrected chi connectivity index (χ2v) is 7.12. The van der Waals surface area contributed by atoms with E-state index in [4.69, 9.17) is 11.6 Å². The van der Waals surface area contributed by atoms with Crippen LogP contribution in [0.4, 0.5) is 0 Å². The maximum Gasteiger partial charge on any atom is 0.0451 e. The average Bonchev–Trinajstić information content (AvgIpc) is 2.41. The van der Waals surface area contributed by atoms with E-state index in [1.54, 1.807) is 0 Å². The fraction of sp³-hybridized carbons (Fsp3) is 0.368. The van der Waals surface area contributed by atoms with Crippen molar-refractivity contribution in [3.05, 3.63) is 70.2 Å². The van der Waals surface area contributed by atoms with E-state index in [1.165, 1.54) is 16.7 Å². The van der Waals surface area contributed by atoms with Crippen LogP contribution in [0.1, 0.15) is 37.5 Å². The highest BCUT2D eigenvalue weighted by molar-refractivity contribution is 6.31. The maximum absolute atomic E-state index is 6.22. The van der Waals surface area contributed by atoms with E-state index in [0.29, 0.717) is 0 Å². The van der Waals surface area contributed by atoms with Crippen molar-refractivity contribution in [1.29, 1.82) is 0 Å². The van der Waals surface area contributed by atoms with Crippen LogP contribution >= 0.6 is 11.6 Å². The molecule has 0 amide bonds. The Hall–Kier alpha value is -1.31. The molecule has 0 aromatic heterocycles. The van der Waals surface area contributed by atoms with Crippen LogP contribution in [0.5, 0.6) is 0 Å². The molecule has 0 unspecified atom stereocenters. The number of benzene rings is 2. The van der Waals surface area contributed by atoms with Gasteiger partial charge in [0.1, 0.15) is 0 Å². The first-order valence-corrected chi connectivity index (χ1v) is 7.75. The third-order valence-corrected chi connectivity index (χ3v) is 4.04. The summed E-state index contributed by atoms with van der Waals surface area (Å²) in [6.45, 7) is 8.51. The monoisotopic (exact) mass is 301 g/mol. The summed E-state index contributed by atoms with van der Waals surface area (Å²) in [5.74, 6) is 0. The molecule has 0 fully saturated rings. The van der Waals surface area contributed by atoms with Gasteiger partial charge >= 0.3 is 0 Å². The van der Waals surface area contributed by atoms with Crippen LogP contribution in [0.3, 0.4) is 0 Å². The predicted octanol–water partition coefficient (Wildman–Crippen LogP) is 5.27. The lowest BCUT2D eigenvalue weighted by molar-refractivity contribution is 0.319. The first-order chi connectivity index (χ1) is 9.86. The summed E-state index contributed by atoms with van der Waals surface area (Å²) in [4.78, 5) is 2.29. The molecule has 21 heavy (non-hydrogen) atoms. The first kappa shape index (κ1) is 16.1. The van der Waals surface area contributed by atoms with Crippen molar-refractivity contribution < 1.29 is 0 Å². The van der Waals surface area contributed by atoms with Gasteiger partial charge in [-0.1, -0.05) is 74.8 Å². The van der Waals surface area contributed by atoms with E-state index in [-0.39, 0.29) is 5.41 Å². The van der Waals surface area contributed by atoms with Gasteiger partial charge in [-0.3, -0.25) is 4.90 Å². The van der Waals surface area contributed by atoms with Gasteiger partial charge in [0.25, 0.3) is 0 Å². The molecule has 0 radical (unpaired) electrons. The van der Waals surface area contributed by atoms with Crippen LogP contribution in [0, 0.1) is 0 Å². The summed E-state index contributed by atoms with van der Waals surface area (Å²) < 4.78 is 0. The SMILES string of the molecule is CN(Cc1ccc(C(C)(C)C)cc1)Cc1ccccc1Cl. The standard InChI is InChI=1S/C19H24ClN/c1-19(2,3)17-11-9-15(10-12-17)13-21(4)14-16-7-5-6-8-18(16)20/h5-12H,13-14H2,1-4H3. The van der Waals surface area contributed by atoms with Crippen molar-refractivity contribution in [2.24, 2.45) is 0 Å². The Labute approximate surface area is 133 Å². The Morgan fingerprint density at radius 1 is 0.905 bits per heavy atom. The van der Waals surface area contributed by atoms with Crippen molar-refractivity contribution >= 4 is 11.6 Å². The highest BCUT2D eigenvalue weighted by Crippen LogP contribution is 2.23. The Morgan fingerprint density at radius 2 is 1.52 bits per heavy atom. The van der Waals surface area contributed by atoms with Crippen LogP contribution in [0.15, 0.2) is 48.5 Å². The van der Waals surface area contributed by atoms with Gasteiger partial charge in [0, 0.05) is 18.1 Å². The molecule has 0 aliphatic carbocycles. The Kier molecular flexibility index (Phi) is 5.08. The lowest BCUT2D eigenvalue weighted by Gasteiger charge is -2.21. The van der Waals surface area contributed by atoms with Crippen LogP contribution in [0.2, 0.25) is 5.02 Å². The Morgan fingerprint density at radius 3 is 2.10 bits per heavy atom. The van der Waals surface area contributed by atoms with E-state index in [2.05, 4.69) is 63.1 Å². The molecule has 0 aliphatic heterocycles. The van der Waals surface area contributed by atoms with Gasteiger partial charge in [-0.2, -0.15) is 0 Å². The molecule has 2 aromatic carbocycles. The highest BCUT2D eigenvalue weighted by atomic mass is 35.5. The third kappa shape index (κ3) is 4.59. The summed E-state index contributed by atoms with van der Waals surface area (Å²) in [5, 5.41) is 0.840. The molecule has 0 bridgehead atoms. The Bertz CT molecular complexity index is 581. The smallest absolute Gasteiger partial charge is 0.0451 e. The summed E-state index contributed by atoms with van der Waals surface area (Å²) in [6, 6.07) is 17.0. The van der Waals surface area contributed by atoms with E-state index in [0.717, 1.165) is 18.1 Å². The summed E-state index contributed by atoms with van der Waals surface area (Å²) >= 11 is 6.22. The highest BCUT2D eigenvalue weighted by Gasteiger charge is 2.13. The second-order valence-electron chi connectivity index (χ2n) is 6.71. The minimum atomic E-state index is 0.210. The number of nitrogens with zero attached hydrogens (tertiary/aromatic N) is 1. The zero-order valence-corrected chi connectivity index (χ0v) is 14.1. The van der Waals surface area contributed by atoms with Crippen molar-refractivity contribution in [3.63, 3.8) is 0 Å². The van der Waals surface area contributed by atoms with E-state index >= 15 is 0 Å². The van der Waals surface area contributed by atoms with E-state index in [1.807, 2.05) is 18.2 Å². The van der Waals surface area contributed by atoms with Crippen LogP contribution in [-0.4, -0.2) is 11.9 Å². The fourth-order valence-corrected chi connectivity index (χ4v) is 2.59. The molecule has 2 heteroatoms. The molecule has 0 spiro atoms. The summed E-state index contributed by atoms with van der Waals surface area (Å²) in [6.07, 6.45) is 0. The topological polar surface area (TPSA) is 3.24 Å². The minimum absolute atomic E-state index is 0.210. The van der Waals surface area contributed by atoms with Crippen molar-refractivity contribution in [3.8, 4) is 0 Å². The maximum atomic E-state index is 6.22.